The molecule has 0 atom stereocenters. The Morgan fingerprint density at radius 2 is 2.22 bits per heavy atom. The lowest BCUT2D eigenvalue weighted by Gasteiger charge is -2.06. The molecule has 0 bridgehead atoms. The Morgan fingerprint density at radius 1 is 1.43 bits per heavy atom. The van der Waals surface area contributed by atoms with Crippen LogP contribution in [0.25, 0.3) is 11.4 Å². The third-order valence-electron chi connectivity index (χ3n) is 3.85. The number of hydrogen-bond acceptors (Lipinski definition) is 4. The predicted molar refractivity (Wildman–Crippen MR) is 85.8 cm³/mol. The zero-order chi connectivity index (χ0) is 16.4. The van der Waals surface area contributed by atoms with Crippen molar-refractivity contribution in [2.45, 2.75) is 39.3 Å². The minimum Gasteiger partial charge on any atom is -0.354 e. The molecular formula is C16H21N5O2. The van der Waals surface area contributed by atoms with Gasteiger partial charge in [-0.05, 0) is 25.0 Å². The van der Waals surface area contributed by atoms with E-state index >= 15 is 0 Å². The number of carbonyl (C=O) groups is 1. The van der Waals surface area contributed by atoms with Crippen LogP contribution in [0.1, 0.15) is 32.7 Å². The summed E-state index contributed by atoms with van der Waals surface area (Å²) in [5.74, 6) is 0.564. The van der Waals surface area contributed by atoms with E-state index in [1.54, 1.807) is 17.0 Å². The number of aromatic nitrogens is 4. The normalized spacial score (nSPS) is 14.2. The van der Waals surface area contributed by atoms with Crippen LogP contribution in [0.2, 0.25) is 0 Å². The quantitative estimate of drug-likeness (QED) is 0.869. The fraction of sp³-hybridized carbons (Fsp3) is 0.500. The largest absolute Gasteiger partial charge is 0.354 e. The van der Waals surface area contributed by atoms with E-state index < -0.39 is 0 Å². The monoisotopic (exact) mass is 315 g/mol. The van der Waals surface area contributed by atoms with Gasteiger partial charge in [0.2, 0.25) is 5.91 Å². The van der Waals surface area contributed by atoms with Crippen LogP contribution < -0.4 is 11.0 Å². The number of nitrogens with zero attached hydrogens (tertiary/aromatic N) is 4. The van der Waals surface area contributed by atoms with Crippen molar-refractivity contribution in [3.8, 4) is 11.4 Å². The third-order valence-corrected chi connectivity index (χ3v) is 3.85. The molecule has 0 aliphatic heterocycles. The topological polar surface area (TPSA) is 81.8 Å². The number of pyridine rings is 1. The second-order valence-corrected chi connectivity index (χ2v) is 6.12. The summed E-state index contributed by atoms with van der Waals surface area (Å²) in [7, 11) is 0. The maximum atomic E-state index is 12.6. The number of rotatable bonds is 6. The van der Waals surface area contributed by atoms with Crippen LogP contribution in [0.4, 0.5) is 0 Å². The molecule has 0 saturated heterocycles. The zero-order valence-electron chi connectivity index (χ0n) is 13.4. The highest BCUT2D eigenvalue weighted by atomic mass is 16.2. The number of carbonyl (C=O) groups excluding carboxylic acids is 1. The molecule has 2 aromatic rings. The first-order valence-electron chi connectivity index (χ1n) is 7.95. The van der Waals surface area contributed by atoms with Crippen LogP contribution in [0, 0.1) is 5.92 Å². The van der Waals surface area contributed by atoms with Crippen LogP contribution in [0.15, 0.2) is 29.3 Å². The number of hydrogen-bond donors (Lipinski definition) is 1. The van der Waals surface area contributed by atoms with Crippen molar-refractivity contribution in [1.82, 2.24) is 24.6 Å². The van der Waals surface area contributed by atoms with Gasteiger partial charge in [-0.25, -0.2) is 9.48 Å². The first kappa shape index (κ1) is 15.5. The van der Waals surface area contributed by atoms with E-state index in [-0.39, 0.29) is 23.6 Å². The number of amides is 1. The summed E-state index contributed by atoms with van der Waals surface area (Å²) in [5, 5.41) is 7.27. The Hall–Kier alpha value is -2.44. The molecule has 3 rings (SSSR count). The van der Waals surface area contributed by atoms with Gasteiger partial charge >= 0.3 is 5.69 Å². The highest BCUT2D eigenvalue weighted by molar-refractivity contribution is 5.77. The van der Waals surface area contributed by atoms with Gasteiger partial charge in [-0.1, -0.05) is 13.8 Å². The number of nitrogens with one attached hydrogen (secondary N) is 1. The molecule has 2 aromatic heterocycles. The van der Waals surface area contributed by atoms with Gasteiger partial charge in [0.1, 0.15) is 0 Å². The van der Waals surface area contributed by atoms with Crippen LogP contribution in [-0.2, 0) is 11.3 Å². The molecule has 7 nitrogen and oxygen atoms in total. The molecular weight excluding hydrogens is 294 g/mol. The predicted octanol–water partition coefficient (Wildman–Crippen LogP) is 1.21. The lowest BCUT2D eigenvalue weighted by atomic mass is 10.2. The molecule has 0 aromatic carbocycles. The van der Waals surface area contributed by atoms with Gasteiger partial charge in [-0.2, -0.15) is 0 Å². The van der Waals surface area contributed by atoms with Crippen molar-refractivity contribution in [2.24, 2.45) is 5.92 Å². The van der Waals surface area contributed by atoms with Gasteiger partial charge in [-0.15, -0.1) is 5.10 Å². The van der Waals surface area contributed by atoms with Gasteiger partial charge in [0.25, 0.3) is 0 Å². The Labute approximate surface area is 134 Å². The minimum atomic E-state index is -0.120. The smallest absolute Gasteiger partial charge is 0.346 e. The first-order valence-corrected chi connectivity index (χ1v) is 7.95. The summed E-state index contributed by atoms with van der Waals surface area (Å²) in [6.45, 7) is 4.43. The Morgan fingerprint density at radius 3 is 2.83 bits per heavy atom. The van der Waals surface area contributed by atoms with Gasteiger partial charge < -0.3 is 5.32 Å². The average molecular weight is 315 g/mol. The Bertz CT molecular complexity index is 744. The van der Waals surface area contributed by atoms with Gasteiger partial charge in [-0.3, -0.25) is 14.3 Å². The summed E-state index contributed by atoms with van der Waals surface area (Å²) < 4.78 is 3.18. The van der Waals surface area contributed by atoms with E-state index in [2.05, 4.69) is 15.4 Å². The van der Waals surface area contributed by atoms with E-state index in [4.69, 9.17) is 0 Å². The van der Waals surface area contributed by atoms with Crippen LogP contribution in [-0.4, -0.2) is 31.8 Å². The Balaban J connectivity index is 1.82. The standard InChI is InChI=1S/C16H21N5O2/c1-11(2)15(22)18-8-9-20-16(23)21(13-5-6-13)14(19-20)12-4-3-7-17-10-12/h3-4,7,10-11,13H,5-6,8-9H2,1-2H3,(H,18,22). The fourth-order valence-corrected chi connectivity index (χ4v) is 2.41. The summed E-state index contributed by atoms with van der Waals surface area (Å²) in [5.41, 5.74) is 0.714. The molecule has 7 heteroatoms. The Kier molecular flexibility index (Phi) is 4.27. The SMILES string of the molecule is CC(C)C(=O)NCCn1nc(-c2cccnc2)n(C2CC2)c1=O. The van der Waals surface area contributed by atoms with Crippen molar-refractivity contribution < 1.29 is 4.79 Å². The summed E-state index contributed by atoms with van der Waals surface area (Å²) in [4.78, 5) is 28.3. The fourth-order valence-electron chi connectivity index (χ4n) is 2.41. The van der Waals surface area contributed by atoms with Crippen LogP contribution in [0.5, 0.6) is 0 Å². The van der Waals surface area contributed by atoms with E-state index in [0.717, 1.165) is 18.4 Å². The molecule has 1 N–H and O–H groups in total. The first-order chi connectivity index (χ1) is 11.1. The van der Waals surface area contributed by atoms with E-state index in [1.165, 1.54) is 4.68 Å². The highest BCUT2D eigenvalue weighted by Gasteiger charge is 2.30. The van der Waals surface area contributed by atoms with Crippen molar-refractivity contribution in [3.05, 3.63) is 35.0 Å². The van der Waals surface area contributed by atoms with Crippen LogP contribution >= 0.6 is 0 Å². The van der Waals surface area contributed by atoms with Crippen molar-refractivity contribution in [3.63, 3.8) is 0 Å². The minimum absolute atomic E-state index is 0.0212. The summed E-state index contributed by atoms with van der Waals surface area (Å²) in [6, 6.07) is 3.97. The van der Waals surface area contributed by atoms with Gasteiger partial charge in [0, 0.05) is 36.5 Å². The lowest BCUT2D eigenvalue weighted by molar-refractivity contribution is -0.124. The lowest BCUT2D eigenvalue weighted by Crippen LogP contribution is -2.34. The molecule has 0 radical (unpaired) electrons. The molecule has 1 fully saturated rings. The second kappa shape index (κ2) is 6.36. The van der Waals surface area contributed by atoms with E-state index in [0.29, 0.717) is 18.9 Å². The summed E-state index contributed by atoms with van der Waals surface area (Å²) >= 11 is 0. The molecule has 122 valence electrons. The highest BCUT2D eigenvalue weighted by Crippen LogP contribution is 2.36. The molecule has 1 aliphatic carbocycles. The third kappa shape index (κ3) is 3.33. The molecule has 1 amide bonds. The molecule has 0 unspecified atom stereocenters. The van der Waals surface area contributed by atoms with Crippen molar-refractivity contribution in [1.29, 1.82) is 0 Å². The second-order valence-electron chi connectivity index (χ2n) is 6.12. The molecule has 1 saturated carbocycles. The molecule has 1 aliphatic rings. The van der Waals surface area contributed by atoms with Gasteiger partial charge in [0.05, 0.1) is 6.54 Å². The van der Waals surface area contributed by atoms with Crippen molar-refractivity contribution >= 4 is 5.91 Å². The molecule has 23 heavy (non-hydrogen) atoms. The maximum absolute atomic E-state index is 12.6. The van der Waals surface area contributed by atoms with Gasteiger partial charge in [0.15, 0.2) is 5.82 Å². The molecule has 0 spiro atoms. The molecule has 2 heterocycles. The zero-order valence-corrected chi connectivity index (χ0v) is 13.4. The van der Waals surface area contributed by atoms with Crippen molar-refractivity contribution in [2.75, 3.05) is 6.54 Å². The summed E-state index contributed by atoms with van der Waals surface area (Å²) in [6.07, 6.45) is 5.42. The van der Waals surface area contributed by atoms with Crippen LogP contribution in [0.3, 0.4) is 0 Å². The maximum Gasteiger partial charge on any atom is 0.346 e. The van der Waals surface area contributed by atoms with E-state index in [9.17, 15) is 9.59 Å². The average Bonchev–Trinajstić information content (AvgIpc) is 3.33. The van der Waals surface area contributed by atoms with E-state index in [1.807, 2.05) is 26.0 Å².